The molecule has 8 heteroatoms. The number of rotatable bonds is 6. The Hall–Kier alpha value is -2.05. The molecule has 0 radical (unpaired) electrons. The van der Waals surface area contributed by atoms with E-state index < -0.39 is 18.6 Å². The molecular weight excluding hydrogens is 363 g/mol. The van der Waals surface area contributed by atoms with Gasteiger partial charge in [-0.25, -0.2) is 0 Å². The van der Waals surface area contributed by atoms with E-state index in [-0.39, 0.29) is 22.2 Å². The first-order valence-corrected chi connectivity index (χ1v) is 7.59. The molecule has 0 aliphatic carbocycles. The molecule has 0 aliphatic heterocycles. The summed E-state index contributed by atoms with van der Waals surface area (Å²) in [5, 5.41) is 3.16. The third-order valence-electron chi connectivity index (χ3n) is 2.93. The quantitative estimate of drug-likeness (QED) is 0.772. The summed E-state index contributed by atoms with van der Waals surface area (Å²) in [7, 11) is 0. The highest BCUT2D eigenvalue weighted by molar-refractivity contribution is 6.35. The predicted molar refractivity (Wildman–Crippen MR) is 88.3 cm³/mol. The molecule has 0 spiro atoms. The highest BCUT2D eigenvalue weighted by atomic mass is 35.5. The van der Waals surface area contributed by atoms with Gasteiger partial charge < -0.3 is 14.8 Å². The fourth-order valence-corrected chi connectivity index (χ4v) is 2.27. The fraction of sp³-hybridized carbons (Fsp3) is 0.188. The molecule has 2 rings (SSSR count). The van der Waals surface area contributed by atoms with Gasteiger partial charge in [-0.05, 0) is 37.3 Å². The number of alkyl halides is 2. The molecule has 0 aromatic heterocycles. The second kappa shape index (κ2) is 8.17. The molecule has 0 bridgehead atoms. The Morgan fingerprint density at radius 3 is 2.46 bits per heavy atom. The molecule has 24 heavy (non-hydrogen) atoms. The van der Waals surface area contributed by atoms with Gasteiger partial charge in [0, 0.05) is 5.02 Å². The standard InChI is InChI=1S/C16H13Cl2F2NO3/c1-9(23-13-7-6-10(17)8-11(13)18)15(22)21-12-4-2-3-5-14(12)24-16(19)20/h2-9,16H,1H3,(H,21,22). The lowest BCUT2D eigenvalue weighted by Crippen LogP contribution is -2.30. The summed E-state index contributed by atoms with van der Waals surface area (Å²) in [5.74, 6) is -0.412. The van der Waals surface area contributed by atoms with Crippen LogP contribution in [0.1, 0.15) is 6.92 Å². The van der Waals surface area contributed by atoms with Crippen LogP contribution in [0.4, 0.5) is 14.5 Å². The fourth-order valence-electron chi connectivity index (χ4n) is 1.82. The number of hydrogen-bond acceptors (Lipinski definition) is 3. The van der Waals surface area contributed by atoms with Crippen molar-refractivity contribution in [2.45, 2.75) is 19.6 Å². The average Bonchev–Trinajstić information content (AvgIpc) is 2.51. The number of carbonyl (C=O) groups is 1. The van der Waals surface area contributed by atoms with E-state index in [1.54, 1.807) is 12.1 Å². The van der Waals surface area contributed by atoms with Crippen molar-refractivity contribution in [3.63, 3.8) is 0 Å². The van der Waals surface area contributed by atoms with Crippen LogP contribution in [-0.2, 0) is 4.79 Å². The number of para-hydroxylation sites is 2. The van der Waals surface area contributed by atoms with Gasteiger partial charge in [0.05, 0.1) is 10.7 Å². The molecule has 0 saturated carbocycles. The SMILES string of the molecule is CC(Oc1ccc(Cl)cc1Cl)C(=O)Nc1ccccc1OC(F)F. The van der Waals surface area contributed by atoms with Crippen LogP contribution in [0.15, 0.2) is 42.5 Å². The van der Waals surface area contributed by atoms with Crippen LogP contribution in [0.25, 0.3) is 0 Å². The van der Waals surface area contributed by atoms with Gasteiger partial charge in [-0.15, -0.1) is 0 Å². The third kappa shape index (κ3) is 4.97. The Balaban J connectivity index is 2.06. The Labute approximate surface area is 147 Å². The molecule has 4 nitrogen and oxygen atoms in total. The highest BCUT2D eigenvalue weighted by Gasteiger charge is 2.19. The van der Waals surface area contributed by atoms with Gasteiger partial charge in [-0.2, -0.15) is 8.78 Å². The number of carbonyl (C=O) groups excluding carboxylic acids is 1. The van der Waals surface area contributed by atoms with E-state index in [0.717, 1.165) is 0 Å². The normalized spacial score (nSPS) is 11.9. The van der Waals surface area contributed by atoms with E-state index >= 15 is 0 Å². The molecule has 0 saturated heterocycles. The lowest BCUT2D eigenvalue weighted by Gasteiger charge is -2.17. The van der Waals surface area contributed by atoms with Gasteiger partial charge in [0.1, 0.15) is 11.5 Å². The van der Waals surface area contributed by atoms with Crippen LogP contribution < -0.4 is 14.8 Å². The minimum atomic E-state index is -3.00. The number of anilines is 1. The van der Waals surface area contributed by atoms with E-state index in [4.69, 9.17) is 27.9 Å². The van der Waals surface area contributed by atoms with Crippen molar-refractivity contribution < 1.29 is 23.0 Å². The summed E-state index contributed by atoms with van der Waals surface area (Å²) in [6.07, 6.45) is -0.928. The maximum Gasteiger partial charge on any atom is 0.387 e. The summed E-state index contributed by atoms with van der Waals surface area (Å²) in [6.45, 7) is -1.50. The zero-order valence-corrected chi connectivity index (χ0v) is 13.9. The molecule has 128 valence electrons. The molecule has 1 amide bonds. The monoisotopic (exact) mass is 375 g/mol. The summed E-state index contributed by atoms with van der Waals surface area (Å²) >= 11 is 11.8. The highest BCUT2D eigenvalue weighted by Crippen LogP contribution is 2.29. The van der Waals surface area contributed by atoms with Crippen molar-refractivity contribution in [2.75, 3.05) is 5.32 Å². The van der Waals surface area contributed by atoms with Crippen molar-refractivity contribution in [1.82, 2.24) is 0 Å². The van der Waals surface area contributed by atoms with Gasteiger partial charge in [-0.3, -0.25) is 4.79 Å². The number of benzene rings is 2. The van der Waals surface area contributed by atoms with Crippen LogP contribution >= 0.6 is 23.2 Å². The summed E-state index contributed by atoms with van der Waals surface area (Å²) in [6, 6.07) is 10.4. The molecule has 1 unspecified atom stereocenters. The summed E-state index contributed by atoms with van der Waals surface area (Å²) < 4.78 is 34.6. The Morgan fingerprint density at radius 2 is 1.79 bits per heavy atom. The number of halogens is 4. The Kier molecular flexibility index (Phi) is 6.23. The van der Waals surface area contributed by atoms with Crippen molar-refractivity contribution in [3.8, 4) is 11.5 Å². The van der Waals surface area contributed by atoms with Crippen LogP contribution in [0.3, 0.4) is 0 Å². The minimum Gasteiger partial charge on any atom is -0.479 e. The zero-order chi connectivity index (χ0) is 17.7. The molecule has 1 atom stereocenters. The number of hydrogen-bond donors (Lipinski definition) is 1. The summed E-state index contributed by atoms with van der Waals surface area (Å²) in [5.41, 5.74) is 0.112. The van der Waals surface area contributed by atoms with Gasteiger partial charge in [0.15, 0.2) is 6.10 Å². The second-order valence-electron chi connectivity index (χ2n) is 4.70. The van der Waals surface area contributed by atoms with Gasteiger partial charge >= 0.3 is 6.61 Å². The summed E-state index contributed by atoms with van der Waals surface area (Å²) in [4.78, 5) is 12.2. The Bertz CT molecular complexity index is 728. The first kappa shape index (κ1) is 18.3. The van der Waals surface area contributed by atoms with Crippen molar-refractivity contribution in [1.29, 1.82) is 0 Å². The maximum absolute atomic E-state index is 12.4. The van der Waals surface area contributed by atoms with Crippen molar-refractivity contribution in [2.24, 2.45) is 0 Å². The lowest BCUT2D eigenvalue weighted by molar-refractivity contribution is -0.122. The largest absolute Gasteiger partial charge is 0.479 e. The topological polar surface area (TPSA) is 47.6 Å². The number of amides is 1. The van der Waals surface area contributed by atoms with Crippen LogP contribution in [0, 0.1) is 0 Å². The van der Waals surface area contributed by atoms with Crippen molar-refractivity contribution in [3.05, 3.63) is 52.5 Å². The van der Waals surface area contributed by atoms with Gasteiger partial charge in [0.2, 0.25) is 0 Å². The first-order valence-electron chi connectivity index (χ1n) is 6.83. The van der Waals surface area contributed by atoms with E-state index in [0.29, 0.717) is 5.02 Å². The van der Waals surface area contributed by atoms with Gasteiger partial charge in [-0.1, -0.05) is 35.3 Å². The zero-order valence-electron chi connectivity index (χ0n) is 12.4. The Morgan fingerprint density at radius 1 is 1.08 bits per heavy atom. The predicted octanol–water partition coefficient (Wildman–Crippen LogP) is 5.00. The average molecular weight is 376 g/mol. The molecule has 2 aromatic rings. The molecule has 0 aliphatic rings. The van der Waals surface area contributed by atoms with Gasteiger partial charge in [0.25, 0.3) is 5.91 Å². The molecular formula is C16H13Cl2F2NO3. The third-order valence-corrected chi connectivity index (χ3v) is 3.46. The molecule has 0 heterocycles. The smallest absolute Gasteiger partial charge is 0.387 e. The maximum atomic E-state index is 12.4. The van der Waals surface area contributed by atoms with E-state index in [9.17, 15) is 13.6 Å². The lowest BCUT2D eigenvalue weighted by atomic mass is 10.2. The van der Waals surface area contributed by atoms with Crippen molar-refractivity contribution >= 4 is 34.8 Å². The molecule has 2 aromatic carbocycles. The second-order valence-corrected chi connectivity index (χ2v) is 5.54. The van der Waals surface area contributed by atoms with E-state index in [2.05, 4.69) is 10.1 Å². The van der Waals surface area contributed by atoms with Crippen LogP contribution in [0.2, 0.25) is 10.0 Å². The van der Waals surface area contributed by atoms with E-state index in [1.807, 2.05) is 0 Å². The molecule has 1 N–H and O–H groups in total. The van der Waals surface area contributed by atoms with E-state index in [1.165, 1.54) is 37.3 Å². The van der Waals surface area contributed by atoms with Crippen LogP contribution in [-0.4, -0.2) is 18.6 Å². The number of ether oxygens (including phenoxy) is 2. The molecule has 0 fully saturated rings. The first-order chi connectivity index (χ1) is 11.4. The van der Waals surface area contributed by atoms with Crippen LogP contribution in [0.5, 0.6) is 11.5 Å². The minimum absolute atomic E-state index is 0.112. The number of nitrogens with one attached hydrogen (secondary N) is 1.